The summed E-state index contributed by atoms with van der Waals surface area (Å²) < 4.78 is 5.45. The van der Waals surface area contributed by atoms with Gasteiger partial charge in [0.15, 0.2) is 0 Å². The monoisotopic (exact) mass is 246 g/mol. The van der Waals surface area contributed by atoms with Crippen LogP contribution in [0.25, 0.3) is 0 Å². The molecular weight excluding hydrogens is 228 g/mol. The van der Waals surface area contributed by atoms with Gasteiger partial charge in [0.1, 0.15) is 5.76 Å². The molecule has 0 fully saturated rings. The fraction of sp³-hybridized carbons (Fsp3) is 0.636. The van der Waals surface area contributed by atoms with E-state index in [1.165, 1.54) is 19.3 Å². The van der Waals surface area contributed by atoms with Crippen LogP contribution in [0, 0.1) is 0 Å². The molecule has 0 aromatic rings. The lowest BCUT2D eigenvalue weighted by Gasteiger charge is -2.05. The van der Waals surface area contributed by atoms with Gasteiger partial charge >= 0.3 is 0 Å². The van der Waals surface area contributed by atoms with Crippen molar-refractivity contribution in [3.8, 4) is 0 Å². The lowest BCUT2D eigenvalue weighted by Crippen LogP contribution is -1.93. The van der Waals surface area contributed by atoms with Crippen molar-refractivity contribution in [3.63, 3.8) is 0 Å². The first-order valence-corrected chi connectivity index (χ1v) is 5.94. The van der Waals surface area contributed by atoms with Gasteiger partial charge < -0.3 is 4.74 Å². The minimum Gasteiger partial charge on any atom is -0.494 e. The van der Waals surface area contributed by atoms with E-state index in [0.29, 0.717) is 0 Å². The molecule has 0 aromatic carbocycles. The maximum atomic E-state index is 5.45. The Kier molecular flexibility index (Phi) is 9.66. The van der Waals surface area contributed by atoms with Crippen LogP contribution in [0.2, 0.25) is 0 Å². The number of unbranched alkanes of at least 4 members (excludes halogenated alkanes) is 3. The van der Waals surface area contributed by atoms with E-state index in [0.717, 1.165) is 24.1 Å². The Balaban J connectivity index is 3.20. The van der Waals surface area contributed by atoms with Crippen LogP contribution in [-0.4, -0.2) is 11.9 Å². The molecule has 0 radical (unpaired) electrons. The van der Waals surface area contributed by atoms with Gasteiger partial charge in [-0.25, -0.2) is 0 Å². The Hall–Kier alpha value is -0.240. The van der Waals surface area contributed by atoms with Gasteiger partial charge in [0.05, 0.1) is 6.61 Å². The fourth-order valence-corrected chi connectivity index (χ4v) is 1.40. The molecule has 0 bridgehead atoms. The molecule has 0 aliphatic rings. The summed E-state index contributed by atoms with van der Waals surface area (Å²) in [6, 6.07) is 0. The maximum Gasteiger partial charge on any atom is 0.114 e. The van der Waals surface area contributed by atoms with E-state index in [9.17, 15) is 0 Å². The van der Waals surface area contributed by atoms with Crippen molar-refractivity contribution in [1.29, 1.82) is 0 Å². The Morgan fingerprint density at radius 2 is 2.00 bits per heavy atom. The maximum absolute atomic E-state index is 5.45. The highest BCUT2D eigenvalue weighted by Crippen LogP contribution is 2.04. The van der Waals surface area contributed by atoms with E-state index < -0.39 is 0 Å². The summed E-state index contributed by atoms with van der Waals surface area (Å²) >= 11 is 3.41. The normalized spacial score (nSPS) is 11.4. The van der Waals surface area contributed by atoms with Gasteiger partial charge in [-0.05, 0) is 31.9 Å². The molecule has 0 saturated heterocycles. The van der Waals surface area contributed by atoms with Crippen LogP contribution in [0.5, 0.6) is 0 Å². The smallest absolute Gasteiger partial charge is 0.114 e. The van der Waals surface area contributed by atoms with Crippen molar-refractivity contribution >= 4 is 15.9 Å². The first-order valence-electron chi connectivity index (χ1n) is 4.82. The molecule has 0 aromatic heterocycles. The zero-order valence-corrected chi connectivity index (χ0v) is 9.98. The summed E-state index contributed by atoms with van der Waals surface area (Å²) in [4.78, 5) is 0. The number of allylic oxidation sites excluding steroid dienone is 2. The van der Waals surface area contributed by atoms with Crippen molar-refractivity contribution in [2.75, 3.05) is 11.9 Å². The summed E-state index contributed by atoms with van der Waals surface area (Å²) in [6.07, 6.45) is 8.62. The van der Waals surface area contributed by atoms with Gasteiger partial charge in [-0.15, -0.1) is 0 Å². The average molecular weight is 247 g/mol. The summed E-state index contributed by atoms with van der Waals surface area (Å²) in [5.41, 5.74) is 0. The van der Waals surface area contributed by atoms with Crippen molar-refractivity contribution in [1.82, 2.24) is 0 Å². The molecule has 2 heteroatoms. The zero-order valence-electron chi connectivity index (χ0n) is 8.39. The molecule has 0 saturated carbocycles. The van der Waals surface area contributed by atoms with Crippen molar-refractivity contribution in [3.05, 3.63) is 24.5 Å². The lowest BCUT2D eigenvalue weighted by atomic mass is 10.2. The van der Waals surface area contributed by atoms with Crippen LogP contribution in [-0.2, 0) is 4.74 Å². The Morgan fingerprint density at radius 3 is 2.54 bits per heavy atom. The van der Waals surface area contributed by atoms with Gasteiger partial charge in [-0.1, -0.05) is 35.4 Å². The average Bonchev–Trinajstić information content (AvgIpc) is 2.17. The first-order chi connectivity index (χ1) is 6.35. The molecule has 13 heavy (non-hydrogen) atoms. The van der Waals surface area contributed by atoms with Crippen molar-refractivity contribution in [2.24, 2.45) is 0 Å². The Labute approximate surface area is 90.0 Å². The largest absolute Gasteiger partial charge is 0.494 e. The number of halogens is 1. The van der Waals surface area contributed by atoms with E-state index in [1.54, 1.807) is 6.08 Å². The molecule has 0 atom stereocenters. The number of ether oxygens (including phenoxy) is 1. The van der Waals surface area contributed by atoms with Gasteiger partial charge in [0, 0.05) is 5.33 Å². The number of alkyl halides is 1. The third-order valence-electron chi connectivity index (χ3n) is 1.78. The van der Waals surface area contributed by atoms with Crippen LogP contribution in [0.4, 0.5) is 0 Å². The predicted molar refractivity (Wildman–Crippen MR) is 62.2 cm³/mol. The van der Waals surface area contributed by atoms with E-state index >= 15 is 0 Å². The summed E-state index contributed by atoms with van der Waals surface area (Å²) in [7, 11) is 0. The van der Waals surface area contributed by atoms with Crippen molar-refractivity contribution < 1.29 is 4.74 Å². The first kappa shape index (κ1) is 12.8. The minimum atomic E-state index is 0.813. The summed E-state index contributed by atoms with van der Waals surface area (Å²) in [5, 5.41) is 1.11. The molecular formula is C11H19BrO. The zero-order chi connectivity index (χ0) is 9.94. The van der Waals surface area contributed by atoms with Gasteiger partial charge in [0.2, 0.25) is 0 Å². The highest BCUT2D eigenvalue weighted by Gasteiger charge is 1.91. The number of rotatable bonds is 8. The topological polar surface area (TPSA) is 9.23 Å². The Morgan fingerprint density at radius 1 is 1.31 bits per heavy atom. The van der Waals surface area contributed by atoms with E-state index in [2.05, 4.69) is 22.5 Å². The van der Waals surface area contributed by atoms with Crippen LogP contribution < -0.4 is 0 Å². The highest BCUT2D eigenvalue weighted by atomic mass is 79.9. The molecule has 0 unspecified atom stereocenters. The standard InChI is InChI=1S/C11H19BrO/c1-3-11(4-2)13-10-8-6-5-7-9-12/h3-4H,1,5-10H2,2H3. The van der Waals surface area contributed by atoms with Crippen LogP contribution in [0.15, 0.2) is 24.5 Å². The second-order valence-corrected chi connectivity index (χ2v) is 3.64. The van der Waals surface area contributed by atoms with E-state index in [-0.39, 0.29) is 0 Å². The van der Waals surface area contributed by atoms with E-state index in [1.807, 2.05) is 13.0 Å². The number of hydrogen-bond donors (Lipinski definition) is 0. The predicted octanol–water partition coefficient (Wildman–Crippen LogP) is 4.05. The summed E-state index contributed by atoms with van der Waals surface area (Å²) in [5.74, 6) is 0.889. The molecule has 0 N–H and O–H groups in total. The fourth-order valence-electron chi connectivity index (χ4n) is 1.00. The lowest BCUT2D eigenvalue weighted by molar-refractivity contribution is 0.216. The second kappa shape index (κ2) is 9.85. The van der Waals surface area contributed by atoms with Gasteiger partial charge in [-0.3, -0.25) is 0 Å². The molecule has 0 amide bonds. The van der Waals surface area contributed by atoms with Crippen LogP contribution in [0.1, 0.15) is 32.6 Å². The highest BCUT2D eigenvalue weighted by molar-refractivity contribution is 9.09. The van der Waals surface area contributed by atoms with Gasteiger partial charge in [0.25, 0.3) is 0 Å². The minimum absolute atomic E-state index is 0.813. The van der Waals surface area contributed by atoms with E-state index in [4.69, 9.17) is 4.74 Å². The number of hydrogen-bond acceptors (Lipinski definition) is 1. The van der Waals surface area contributed by atoms with Gasteiger partial charge in [-0.2, -0.15) is 0 Å². The third kappa shape index (κ3) is 8.10. The molecule has 0 spiro atoms. The second-order valence-electron chi connectivity index (χ2n) is 2.85. The quantitative estimate of drug-likeness (QED) is 0.272. The third-order valence-corrected chi connectivity index (χ3v) is 2.34. The SMILES string of the molecule is C=CC(=CC)OCCCCCCBr. The summed E-state index contributed by atoms with van der Waals surface area (Å²) in [6.45, 7) is 6.43. The van der Waals surface area contributed by atoms with Crippen LogP contribution in [0.3, 0.4) is 0 Å². The molecule has 1 nitrogen and oxygen atoms in total. The Bertz CT molecular complexity index is 152. The van der Waals surface area contributed by atoms with Crippen molar-refractivity contribution in [2.45, 2.75) is 32.6 Å². The molecule has 0 heterocycles. The molecule has 76 valence electrons. The van der Waals surface area contributed by atoms with Crippen LogP contribution >= 0.6 is 15.9 Å². The molecule has 0 aliphatic carbocycles. The molecule has 0 aliphatic heterocycles. The molecule has 0 rings (SSSR count).